The summed E-state index contributed by atoms with van der Waals surface area (Å²) in [6.45, 7) is 0. The summed E-state index contributed by atoms with van der Waals surface area (Å²) in [4.78, 5) is 4.02. The molecule has 0 radical (unpaired) electrons. The summed E-state index contributed by atoms with van der Waals surface area (Å²) in [6.07, 6.45) is 1.49. The molecule has 0 bridgehead atoms. The third-order valence-corrected chi connectivity index (χ3v) is 2.67. The molecule has 0 unspecified atom stereocenters. The second-order valence-electron chi connectivity index (χ2n) is 2.59. The highest BCUT2D eigenvalue weighted by atomic mass is 79.9. The van der Waals surface area contributed by atoms with Gasteiger partial charge in [0.25, 0.3) is 0 Å². The Morgan fingerprint density at radius 2 is 2.15 bits per heavy atom. The summed E-state index contributed by atoms with van der Waals surface area (Å²) in [7, 11) is 0. The van der Waals surface area contributed by atoms with Crippen molar-refractivity contribution in [2.75, 3.05) is 0 Å². The largest absolute Gasteiger partial charge is 0.253 e. The summed E-state index contributed by atoms with van der Waals surface area (Å²) < 4.78 is 13.4. The molecule has 1 nitrogen and oxygen atoms in total. The van der Waals surface area contributed by atoms with Crippen LogP contribution in [0, 0.1) is 5.82 Å². The van der Waals surface area contributed by atoms with Crippen molar-refractivity contribution in [1.82, 2.24) is 4.98 Å². The van der Waals surface area contributed by atoms with Gasteiger partial charge in [0.05, 0.1) is 15.0 Å². The van der Waals surface area contributed by atoms with Crippen molar-refractivity contribution < 1.29 is 4.39 Å². The first-order chi connectivity index (χ1) is 6.18. The topological polar surface area (TPSA) is 12.9 Å². The van der Waals surface area contributed by atoms with Crippen molar-refractivity contribution >= 4 is 38.4 Å². The van der Waals surface area contributed by atoms with Crippen molar-refractivity contribution in [3.05, 3.63) is 39.7 Å². The lowest BCUT2D eigenvalue weighted by atomic mass is 10.2. The van der Waals surface area contributed by atoms with Gasteiger partial charge in [0.15, 0.2) is 0 Å². The molecule has 0 fully saturated rings. The maximum absolute atomic E-state index is 13.0. The minimum absolute atomic E-state index is 0.317. The molecule has 1 heterocycles. The maximum Gasteiger partial charge on any atom is 0.139 e. The van der Waals surface area contributed by atoms with E-state index in [4.69, 9.17) is 11.6 Å². The minimum atomic E-state index is -0.317. The van der Waals surface area contributed by atoms with Crippen LogP contribution in [0.3, 0.4) is 0 Å². The normalized spacial score (nSPS) is 10.7. The van der Waals surface area contributed by atoms with E-state index in [1.54, 1.807) is 12.1 Å². The average Bonchev–Trinajstić information content (AvgIpc) is 2.12. The van der Waals surface area contributed by atoms with Crippen LogP contribution in [0.5, 0.6) is 0 Å². The molecule has 66 valence electrons. The molecule has 13 heavy (non-hydrogen) atoms. The molecule has 0 aliphatic heterocycles. The molecule has 0 atom stereocenters. The van der Waals surface area contributed by atoms with Gasteiger partial charge in [0.1, 0.15) is 5.82 Å². The standard InChI is InChI=1S/C9H4BrClFN/c10-8-7(12)2-1-5-3-6(11)4-13-9(5)8/h1-4H. The summed E-state index contributed by atoms with van der Waals surface area (Å²) in [5.41, 5.74) is 0.587. The fourth-order valence-electron chi connectivity index (χ4n) is 1.11. The number of halogens is 3. The number of benzene rings is 1. The SMILES string of the molecule is Fc1ccc2cc(Cl)cnc2c1Br. The van der Waals surface area contributed by atoms with E-state index in [-0.39, 0.29) is 5.82 Å². The zero-order valence-corrected chi connectivity index (χ0v) is 8.73. The van der Waals surface area contributed by atoms with Crippen molar-refractivity contribution in [3.8, 4) is 0 Å². The Hall–Kier alpha value is -0.670. The summed E-state index contributed by atoms with van der Waals surface area (Å²) >= 11 is 8.86. The van der Waals surface area contributed by atoms with Crippen molar-refractivity contribution in [2.45, 2.75) is 0 Å². The highest BCUT2D eigenvalue weighted by Crippen LogP contribution is 2.26. The minimum Gasteiger partial charge on any atom is -0.253 e. The van der Waals surface area contributed by atoms with E-state index >= 15 is 0 Å². The van der Waals surface area contributed by atoms with E-state index in [9.17, 15) is 4.39 Å². The molecule has 1 aromatic heterocycles. The maximum atomic E-state index is 13.0. The lowest BCUT2D eigenvalue weighted by molar-refractivity contribution is 0.623. The highest BCUT2D eigenvalue weighted by Gasteiger charge is 2.05. The Morgan fingerprint density at radius 3 is 2.92 bits per heavy atom. The molecular formula is C9H4BrClFN. The molecule has 0 amide bonds. The second kappa shape index (κ2) is 3.24. The van der Waals surface area contributed by atoms with Crippen LogP contribution in [-0.2, 0) is 0 Å². The lowest BCUT2D eigenvalue weighted by Crippen LogP contribution is -1.83. The Kier molecular flexibility index (Phi) is 2.22. The van der Waals surface area contributed by atoms with Crippen LogP contribution in [0.15, 0.2) is 28.9 Å². The van der Waals surface area contributed by atoms with Crippen LogP contribution < -0.4 is 0 Å². The summed E-state index contributed by atoms with van der Waals surface area (Å²) in [6, 6.07) is 4.77. The molecule has 0 aliphatic rings. The van der Waals surface area contributed by atoms with Crippen LogP contribution in [0.25, 0.3) is 10.9 Å². The van der Waals surface area contributed by atoms with Crippen molar-refractivity contribution in [1.29, 1.82) is 0 Å². The van der Waals surface area contributed by atoms with Crippen molar-refractivity contribution in [3.63, 3.8) is 0 Å². The van der Waals surface area contributed by atoms with Gasteiger partial charge in [-0.05, 0) is 34.1 Å². The van der Waals surface area contributed by atoms with Gasteiger partial charge in [0.2, 0.25) is 0 Å². The fourth-order valence-corrected chi connectivity index (χ4v) is 1.74. The molecule has 2 aromatic rings. The lowest BCUT2D eigenvalue weighted by Gasteiger charge is -2.00. The highest BCUT2D eigenvalue weighted by molar-refractivity contribution is 9.10. The van der Waals surface area contributed by atoms with E-state index in [1.165, 1.54) is 12.3 Å². The Balaban J connectivity index is 2.87. The molecule has 0 aliphatic carbocycles. The summed E-state index contributed by atoms with van der Waals surface area (Å²) in [5, 5.41) is 1.37. The van der Waals surface area contributed by atoms with Gasteiger partial charge in [-0.1, -0.05) is 11.6 Å². The van der Waals surface area contributed by atoms with E-state index < -0.39 is 0 Å². The second-order valence-corrected chi connectivity index (χ2v) is 3.82. The van der Waals surface area contributed by atoms with Gasteiger partial charge < -0.3 is 0 Å². The molecule has 0 spiro atoms. The number of nitrogens with zero attached hydrogens (tertiary/aromatic N) is 1. The van der Waals surface area contributed by atoms with Gasteiger partial charge in [-0.15, -0.1) is 0 Å². The van der Waals surface area contributed by atoms with Crippen LogP contribution in [-0.4, -0.2) is 4.98 Å². The van der Waals surface area contributed by atoms with E-state index in [0.29, 0.717) is 15.0 Å². The van der Waals surface area contributed by atoms with Gasteiger partial charge in [-0.3, -0.25) is 4.98 Å². The molecule has 2 rings (SSSR count). The van der Waals surface area contributed by atoms with Crippen molar-refractivity contribution in [2.24, 2.45) is 0 Å². The van der Waals surface area contributed by atoms with E-state index in [2.05, 4.69) is 20.9 Å². The Morgan fingerprint density at radius 1 is 1.38 bits per heavy atom. The van der Waals surface area contributed by atoms with Crippen LogP contribution in [0.4, 0.5) is 4.39 Å². The van der Waals surface area contributed by atoms with Crippen LogP contribution in [0.2, 0.25) is 5.02 Å². The first kappa shape index (κ1) is 8.91. The predicted octanol–water partition coefficient (Wildman–Crippen LogP) is 3.79. The number of rotatable bonds is 0. The number of fused-ring (bicyclic) bond motifs is 1. The third kappa shape index (κ3) is 1.54. The molecule has 0 N–H and O–H groups in total. The fraction of sp³-hybridized carbons (Fsp3) is 0. The Bertz CT molecular complexity index is 472. The monoisotopic (exact) mass is 259 g/mol. The zero-order chi connectivity index (χ0) is 9.42. The van der Waals surface area contributed by atoms with Gasteiger partial charge >= 0.3 is 0 Å². The number of aromatic nitrogens is 1. The smallest absolute Gasteiger partial charge is 0.139 e. The molecule has 1 aromatic carbocycles. The number of hydrogen-bond donors (Lipinski definition) is 0. The zero-order valence-electron chi connectivity index (χ0n) is 6.39. The van der Waals surface area contributed by atoms with Crippen LogP contribution >= 0.6 is 27.5 Å². The molecule has 4 heteroatoms. The number of pyridine rings is 1. The Labute approximate surface area is 87.7 Å². The summed E-state index contributed by atoms with van der Waals surface area (Å²) in [5.74, 6) is -0.317. The quantitative estimate of drug-likeness (QED) is 0.702. The average molecular weight is 260 g/mol. The van der Waals surface area contributed by atoms with Gasteiger partial charge in [-0.25, -0.2) is 4.39 Å². The predicted molar refractivity (Wildman–Crippen MR) is 54.4 cm³/mol. The van der Waals surface area contributed by atoms with Gasteiger partial charge in [-0.2, -0.15) is 0 Å². The molecular weight excluding hydrogens is 256 g/mol. The first-order valence-corrected chi connectivity index (χ1v) is 4.75. The van der Waals surface area contributed by atoms with Gasteiger partial charge in [0, 0.05) is 11.6 Å². The molecule has 0 saturated heterocycles. The van der Waals surface area contributed by atoms with E-state index in [0.717, 1.165) is 5.39 Å². The van der Waals surface area contributed by atoms with E-state index in [1.807, 2.05) is 0 Å². The third-order valence-electron chi connectivity index (χ3n) is 1.71. The first-order valence-electron chi connectivity index (χ1n) is 3.58. The molecule has 0 saturated carbocycles. The number of hydrogen-bond acceptors (Lipinski definition) is 1. The van der Waals surface area contributed by atoms with Crippen LogP contribution in [0.1, 0.15) is 0 Å².